The van der Waals surface area contributed by atoms with Crippen LogP contribution in [0, 0.1) is 17.2 Å². The molecule has 2 amide bonds. The van der Waals surface area contributed by atoms with Crippen LogP contribution < -0.4 is 11.1 Å². The lowest BCUT2D eigenvalue weighted by Crippen LogP contribution is -2.19. The molecule has 132 valence electrons. The summed E-state index contributed by atoms with van der Waals surface area (Å²) in [5.74, 6) is -0.540. The number of amides is 2. The maximum Gasteiger partial charge on any atom is 0.266 e. The van der Waals surface area contributed by atoms with E-state index >= 15 is 0 Å². The average Bonchev–Trinajstić information content (AvgIpc) is 2.97. The summed E-state index contributed by atoms with van der Waals surface area (Å²) in [6.45, 7) is 2.17. The number of benzene rings is 1. The second kappa shape index (κ2) is 7.54. The molecule has 5 nitrogen and oxygen atoms in total. The first-order chi connectivity index (χ1) is 12.5. The van der Waals surface area contributed by atoms with Crippen molar-refractivity contribution < 1.29 is 9.59 Å². The average molecular weight is 365 g/mol. The lowest BCUT2D eigenvalue weighted by molar-refractivity contribution is -0.112. The van der Waals surface area contributed by atoms with E-state index in [0.29, 0.717) is 16.5 Å². The van der Waals surface area contributed by atoms with Crippen molar-refractivity contribution in [2.24, 2.45) is 11.7 Å². The molecule has 0 radical (unpaired) electrons. The van der Waals surface area contributed by atoms with Gasteiger partial charge in [-0.05, 0) is 42.4 Å². The zero-order valence-electron chi connectivity index (χ0n) is 14.4. The van der Waals surface area contributed by atoms with Crippen molar-refractivity contribution in [1.82, 2.24) is 0 Å². The van der Waals surface area contributed by atoms with E-state index in [9.17, 15) is 14.9 Å². The Balaban J connectivity index is 1.91. The van der Waals surface area contributed by atoms with Crippen molar-refractivity contribution >= 4 is 34.2 Å². The topological polar surface area (TPSA) is 96.0 Å². The van der Waals surface area contributed by atoms with E-state index in [1.54, 1.807) is 0 Å². The molecule has 2 aromatic rings. The highest BCUT2D eigenvalue weighted by molar-refractivity contribution is 7.17. The van der Waals surface area contributed by atoms with Crippen molar-refractivity contribution in [3.05, 3.63) is 57.5 Å². The molecule has 1 aliphatic rings. The molecular weight excluding hydrogens is 346 g/mol. The van der Waals surface area contributed by atoms with Crippen LogP contribution in [0.1, 0.15) is 39.7 Å². The van der Waals surface area contributed by atoms with Crippen molar-refractivity contribution in [3.63, 3.8) is 0 Å². The summed E-state index contributed by atoms with van der Waals surface area (Å²) in [4.78, 5) is 25.6. The van der Waals surface area contributed by atoms with Crippen LogP contribution in [0.25, 0.3) is 6.08 Å². The summed E-state index contributed by atoms with van der Waals surface area (Å²) < 4.78 is 0. The Kier molecular flexibility index (Phi) is 5.19. The Morgan fingerprint density at radius 1 is 1.35 bits per heavy atom. The van der Waals surface area contributed by atoms with Gasteiger partial charge in [-0.25, -0.2) is 0 Å². The van der Waals surface area contributed by atoms with E-state index < -0.39 is 11.8 Å². The Labute approximate surface area is 156 Å². The molecule has 3 rings (SSSR count). The summed E-state index contributed by atoms with van der Waals surface area (Å²) in [5, 5.41) is 12.5. The molecule has 1 aliphatic carbocycles. The van der Waals surface area contributed by atoms with Crippen LogP contribution in [0.4, 0.5) is 5.00 Å². The maximum atomic E-state index is 12.6. The second-order valence-corrected chi connectivity index (χ2v) is 7.56. The van der Waals surface area contributed by atoms with Gasteiger partial charge in [-0.15, -0.1) is 11.3 Å². The number of nitrogens with two attached hydrogens (primary N) is 1. The molecule has 0 saturated heterocycles. The third-order valence-electron chi connectivity index (χ3n) is 4.46. The summed E-state index contributed by atoms with van der Waals surface area (Å²) in [5.41, 5.74) is 7.64. The molecule has 0 saturated carbocycles. The molecule has 6 heteroatoms. The van der Waals surface area contributed by atoms with Gasteiger partial charge in [0.05, 0.1) is 5.56 Å². The fourth-order valence-electron chi connectivity index (χ4n) is 3.13. The monoisotopic (exact) mass is 365 g/mol. The highest BCUT2D eigenvalue weighted by atomic mass is 32.1. The third-order valence-corrected chi connectivity index (χ3v) is 5.63. The van der Waals surface area contributed by atoms with Crippen LogP contribution in [0.5, 0.6) is 0 Å². The number of primary amides is 1. The SMILES string of the molecule is C[C@H]1CCc2c(sc(NC(=O)/C(C#N)=C/c3ccccc3)c2C(N)=O)C1. The van der Waals surface area contributed by atoms with Gasteiger partial charge in [0.1, 0.15) is 16.6 Å². The first kappa shape index (κ1) is 17.9. The van der Waals surface area contributed by atoms with Gasteiger partial charge in [-0.1, -0.05) is 37.3 Å². The molecule has 1 heterocycles. The number of nitrogens with one attached hydrogen (secondary N) is 1. The molecular formula is C20H19N3O2S. The zero-order valence-corrected chi connectivity index (χ0v) is 15.2. The molecule has 0 spiro atoms. The third kappa shape index (κ3) is 3.68. The molecule has 0 aliphatic heterocycles. The predicted molar refractivity (Wildman–Crippen MR) is 103 cm³/mol. The highest BCUT2D eigenvalue weighted by Crippen LogP contribution is 2.39. The molecule has 1 aromatic carbocycles. The predicted octanol–water partition coefficient (Wildman–Crippen LogP) is 3.52. The second-order valence-electron chi connectivity index (χ2n) is 6.45. The first-order valence-corrected chi connectivity index (χ1v) is 9.23. The normalized spacial score (nSPS) is 16.5. The molecule has 26 heavy (non-hydrogen) atoms. The fourth-order valence-corrected chi connectivity index (χ4v) is 4.55. The van der Waals surface area contributed by atoms with E-state index in [0.717, 1.165) is 35.3 Å². The van der Waals surface area contributed by atoms with Crippen molar-refractivity contribution in [3.8, 4) is 6.07 Å². The number of thiophene rings is 1. The van der Waals surface area contributed by atoms with Gasteiger partial charge < -0.3 is 11.1 Å². The molecule has 1 aromatic heterocycles. The van der Waals surface area contributed by atoms with Crippen molar-refractivity contribution in [2.75, 3.05) is 5.32 Å². The standard InChI is InChI=1S/C20H19N3O2S/c1-12-7-8-15-16(9-12)26-20(17(15)18(22)24)23-19(25)14(11-21)10-13-5-3-2-4-6-13/h2-6,10,12H,7-9H2,1H3,(H2,22,24)(H,23,25)/b14-10+/t12-/m0/s1. The van der Waals surface area contributed by atoms with Crippen LogP contribution in [0.15, 0.2) is 35.9 Å². The zero-order chi connectivity index (χ0) is 18.7. The van der Waals surface area contributed by atoms with E-state index in [4.69, 9.17) is 5.73 Å². The van der Waals surface area contributed by atoms with Crippen LogP contribution >= 0.6 is 11.3 Å². The van der Waals surface area contributed by atoms with E-state index in [2.05, 4.69) is 12.2 Å². The van der Waals surface area contributed by atoms with Gasteiger partial charge in [0.2, 0.25) is 0 Å². The smallest absolute Gasteiger partial charge is 0.266 e. The fraction of sp³-hybridized carbons (Fsp3) is 0.250. The van der Waals surface area contributed by atoms with Gasteiger partial charge in [-0.3, -0.25) is 9.59 Å². The summed E-state index contributed by atoms with van der Waals surface area (Å²) in [6.07, 6.45) is 4.18. The van der Waals surface area contributed by atoms with Crippen LogP contribution in [-0.4, -0.2) is 11.8 Å². The molecule has 0 fully saturated rings. The van der Waals surface area contributed by atoms with Crippen LogP contribution in [-0.2, 0) is 17.6 Å². The van der Waals surface area contributed by atoms with Gasteiger partial charge in [0.15, 0.2) is 0 Å². The summed E-state index contributed by atoms with van der Waals surface area (Å²) in [6, 6.07) is 11.1. The van der Waals surface area contributed by atoms with Crippen molar-refractivity contribution in [1.29, 1.82) is 5.26 Å². The largest absolute Gasteiger partial charge is 0.365 e. The summed E-state index contributed by atoms with van der Waals surface area (Å²) in [7, 11) is 0. The van der Waals surface area contributed by atoms with Gasteiger partial charge in [0.25, 0.3) is 11.8 Å². The Morgan fingerprint density at radius 2 is 2.08 bits per heavy atom. The van der Waals surface area contributed by atoms with Gasteiger partial charge in [-0.2, -0.15) is 5.26 Å². The lowest BCUT2D eigenvalue weighted by Gasteiger charge is -2.18. The Hall–Kier alpha value is -2.91. The number of fused-ring (bicyclic) bond motifs is 1. The number of rotatable bonds is 4. The van der Waals surface area contributed by atoms with E-state index in [1.165, 1.54) is 17.4 Å². The Bertz CT molecular complexity index is 923. The maximum absolute atomic E-state index is 12.6. The molecule has 1 atom stereocenters. The Morgan fingerprint density at radius 3 is 2.73 bits per heavy atom. The van der Waals surface area contributed by atoms with E-state index in [-0.39, 0.29) is 5.57 Å². The number of hydrogen-bond donors (Lipinski definition) is 2. The number of anilines is 1. The number of carbonyl (C=O) groups excluding carboxylic acids is 2. The van der Waals surface area contributed by atoms with Crippen molar-refractivity contribution in [2.45, 2.75) is 26.2 Å². The molecule has 3 N–H and O–H groups in total. The van der Waals surface area contributed by atoms with E-state index in [1.807, 2.05) is 36.4 Å². The lowest BCUT2D eigenvalue weighted by atomic mass is 9.88. The minimum atomic E-state index is -0.544. The first-order valence-electron chi connectivity index (χ1n) is 8.42. The van der Waals surface area contributed by atoms with Gasteiger partial charge >= 0.3 is 0 Å². The minimum absolute atomic E-state index is 0.0219. The van der Waals surface area contributed by atoms with Gasteiger partial charge in [0, 0.05) is 4.88 Å². The molecule has 0 bridgehead atoms. The number of nitriles is 1. The highest BCUT2D eigenvalue weighted by Gasteiger charge is 2.27. The molecule has 0 unspecified atom stereocenters. The van der Waals surface area contributed by atoms with Crippen LogP contribution in [0.2, 0.25) is 0 Å². The minimum Gasteiger partial charge on any atom is -0.365 e. The number of carbonyl (C=O) groups is 2. The number of nitrogens with zero attached hydrogens (tertiary/aromatic N) is 1. The number of hydrogen-bond acceptors (Lipinski definition) is 4. The quantitative estimate of drug-likeness (QED) is 0.641. The summed E-state index contributed by atoms with van der Waals surface area (Å²) >= 11 is 1.39. The van der Waals surface area contributed by atoms with Crippen LogP contribution in [0.3, 0.4) is 0 Å².